The van der Waals surface area contributed by atoms with Crippen LogP contribution in [0.5, 0.6) is 0 Å². The minimum Gasteiger partial charge on any atom is -0.463 e. The number of hydrogen-bond donors (Lipinski definition) is 0. The van der Waals surface area contributed by atoms with Crippen LogP contribution in [0.2, 0.25) is 0 Å². The molecule has 3 rings (SSSR count). The molecular weight excluding hydrogens is 286 g/mol. The second-order valence-corrected chi connectivity index (χ2v) is 5.30. The van der Waals surface area contributed by atoms with E-state index in [1.807, 2.05) is 36.4 Å². The molecule has 0 aliphatic heterocycles. The number of carbonyl (C=O) groups is 1. The first-order chi connectivity index (χ1) is 11.3. The van der Waals surface area contributed by atoms with Gasteiger partial charge in [-0.15, -0.1) is 0 Å². The number of fused-ring (bicyclic) bond motifs is 1. The Labute approximate surface area is 135 Å². The van der Waals surface area contributed by atoms with Gasteiger partial charge in [-0.2, -0.15) is 0 Å². The van der Waals surface area contributed by atoms with E-state index in [1.165, 1.54) is 11.6 Å². The van der Waals surface area contributed by atoms with Crippen molar-refractivity contribution in [3.05, 3.63) is 78.0 Å². The van der Waals surface area contributed by atoms with Crippen molar-refractivity contribution >= 4 is 22.9 Å². The molecule has 0 spiro atoms. The summed E-state index contributed by atoms with van der Waals surface area (Å²) in [4.78, 5) is 11.5. The lowest BCUT2D eigenvalue weighted by Crippen LogP contribution is -1.98. The summed E-state index contributed by atoms with van der Waals surface area (Å²) < 4.78 is 7.15. The molecule has 0 unspecified atom stereocenters. The van der Waals surface area contributed by atoms with E-state index in [4.69, 9.17) is 4.74 Å². The number of carbonyl (C=O) groups excluding carboxylic acids is 1. The lowest BCUT2D eigenvalue weighted by Gasteiger charge is -2.05. The molecule has 116 valence electrons. The molecule has 0 fully saturated rings. The van der Waals surface area contributed by atoms with Crippen LogP contribution in [0.15, 0.2) is 66.9 Å². The summed E-state index contributed by atoms with van der Waals surface area (Å²) in [6.45, 7) is 2.99. The second kappa shape index (κ2) is 6.97. The quantitative estimate of drug-likeness (QED) is 0.521. The van der Waals surface area contributed by atoms with Gasteiger partial charge in [-0.05, 0) is 24.6 Å². The van der Waals surface area contributed by atoms with Gasteiger partial charge in [0.05, 0.1) is 6.61 Å². The second-order valence-electron chi connectivity index (χ2n) is 5.30. The Morgan fingerprint density at radius 2 is 1.83 bits per heavy atom. The molecule has 0 saturated carbocycles. The number of aromatic nitrogens is 1. The van der Waals surface area contributed by atoms with Crippen molar-refractivity contribution in [3.8, 4) is 0 Å². The van der Waals surface area contributed by atoms with Crippen LogP contribution in [-0.2, 0) is 16.1 Å². The van der Waals surface area contributed by atoms with Gasteiger partial charge in [-0.3, -0.25) is 0 Å². The van der Waals surface area contributed by atoms with Gasteiger partial charge in [0.25, 0.3) is 0 Å². The Balaban J connectivity index is 1.95. The Morgan fingerprint density at radius 1 is 1.09 bits per heavy atom. The third-order valence-electron chi connectivity index (χ3n) is 3.70. The molecule has 0 atom stereocenters. The first-order valence-corrected chi connectivity index (χ1v) is 7.74. The van der Waals surface area contributed by atoms with Gasteiger partial charge in [0.2, 0.25) is 0 Å². The van der Waals surface area contributed by atoms with Gasteiger partial charge < -0.3 is 9.30 Å². The fraction of sp³-hybridized carbons (Fsp3) is 0.150. The van der Waals surface area contributed by atoms with Gasteiger partial charge in [0.1, 0.15) is 0 Å². The van der Waals surface area contributed by atoms with Crippen molar-refractivity contribution in [1.29, 1.82) is 0 Å². The van der Waals surface area contributed by atoms with Gasteiger partial charge in [0, 0.05) is 35.3 Å². The number of ether oxygens (including phenoxy) is 1. The summed E-state index contributed by atoms with van der Waals surface area (Å²) in [5.74, 6) is -0.313. The third kappa shape index (κ3) is 3.51. The third-order valence-corrected chi connectivity index (χ3v) is 3.70. The molecule has 0 saturated heterocycles. The normalized spacial score (nSPS) is 11.2. The van der Waals surface area contributed by atoms with Crippen molar-refractivity contribution in [2.75, 3.05) is 6.61 Å². The van der Waals surface area contributed by atoms with Crippen LogP contribution in [0.3, 0.4) is 0 Å². The zero-order valence-corrected chi connectivity index (χ0v) is 13.1. The molecule has 2 aromatic carbocycles. The summed E-state index contributed by atoms with van der Waals surface area (Å²) in [6, 6.07) is 18.5. The lowest BCUT2D eigenvalue weighted by molar-refractivity contribution is -0.137. The van der Waals surface area contributed by atoms with Crippen LogP contribution >= 0.6 is 0 Å². The van der Waals surface area contributed by atoms with Crippen molar-refractivity contribution in [1.82, 2.24) is 4.57 Å². The lowest BCUT2D eigenvalue weighted by atomic mass is 10.1. The Morgan fingerprint density at radius 3 is 2.61 bits per heavy atom. The molecular formula is C20H19NO2. The molecule has 3 nitrogen and oxygen atoms in total. The maximum absolute atomic E-state index is 11.5. The van der Waals surface area contributed by atoms with E-state index in [0.29, 0.717) is 6.61 Å². The van der Waals surface area contributed by atoms with E-state index < -0.39 is 0 Å². The first-order valence-electron chi connectivity index (χ1n) is 7.74. The number of benzene rings is 2. The summed E-state index contributed by atoms with van der Waals surface area (Å²) >= 11 is 0. The molecule has 0 aliphatic carbocycles. The maximum atomic E-state index is 11.5. The fourth-order valence-corrected chi connectivity index (χ4v) is 2.67. The highest BCUT2D eigenvalue weighted by atomic mass is 16.5. The summed E-state index contributed by atoms with van der Waals surface area (Å²) in [5, 5.41) is 1.13. The van der Waals surface area contributed by atoms with Gasteiger partial charge in [0.15, 0.2) is 0 Å². The topological polar surface area (TPSA) is 31.2 Å². The van der Waals surface area contributed by atoms with Gasteiger partial charge in [-0.25, -0.2) is 4.79 Å². The number of esters is 1. The standard InChI is InChI=1S/C20H19NO2/c1-2-23-20(22)13-12-17-15-21(14-16-8-4-3-5-9-16)19-11-7-6-10-18(17)19/h3-13,15H,2,14H2,1H3. The van der Waals surface area contributed by atoms with E-state index in [-0.39, 0.29) is 5.97 Å². The summed E-state index contributed by atoms with van der Waals surface area (Å²) in [5.41, 5.74) is 3.42. The largest absolute Gasteiger partial charge is 0.463 e. The van der Waals surface area contributed by atoms with Gasteiger partial charge >= 0.3 is 5.97 Å². The van der Waals surface area contributed by atoms with Crippen LogP contribution in [0.25, 0.3) is 17.0 Å². The van der Waals surface area contributed by atoms with E-state index in [1.54, 1.807) is 6.92 Å². The molecule has 0 radical (unpaired) electrons. The van der Waals surface area contributed by atoms with Crippen molar-refractivity contribution in [3.63, 3.8) is 0 Å². The van der Waals surface area contributed by atoms with Crippen LogP contribution < -0.4 is 0 Å². The van der Waals surface area contributed by atoms with E-state index >= 15 is 0 Å². The zero-order chi connectivity index (χ0) is 16.1. The molecule has 1 heterocycles. The Hall–Kier alpha value is -2.81. The Kier molecular flexibility index (Phi) is 4.57. The zero-order valence-electron chi connectivity index (χ0n) is 13.1. The van der Waals surface area contributed by atoms with E-state index in [2.05, 4.69) is 35.0 Å². The van der Waals surface area contributed by atoms with Crippen LogP contribution in [0.1, 0.15) is 18.1 Å². The fourth-order valence-electron chi connectivity index (χ4n) is 2.67. The summed E-state index contributed by atoms with van der Waals surface area (Å²) in [7, 11) is 0. The minimum absolute atomic E-state index is 0.313. The molecule has 0 amide bonds. The molecule has 0 N–H and O–H groups in total. The summed E-state index contributed by atoms with van der Waals surface area (Å²) in [6.07, 6.45) is 5.38. The highest BCUT2D eigenvalue weighted by Gasteiger charge is 2.07. The van der Waals surface area contributed by atoms with Crippen molar-refractivity contribution in [2.45, 2.75) is 13.5 Å². The molecule has 3 heteroatoms. The number of hydrogen-bond acceptors (Lipinski definition) is 2. The SMILES string of the molecule is CCOC(=O)C=Cc1cn(Cc2ccccc2)c2ccccc12. The highest BCUT2D eigenvalue weighted by molar-refractivity contribution is 5.94. The number of rotatable bonds is 5. The molecule has 0 bridgehead atoms. The van der Waals surface area contributed by atoms with Crippen molar-refractivity contribution in [2.24, 2.45) is 0 Å². The minimum atomic E-state index is -0.313. The maximum Gasteiger partial charge on any atom is 0.330 e. The Bertz CT molecular complexity index is 831. The monoisotopic (exact) mass is 305 g/mol. The number of nitrogens with zero attached hydrogens (tertiary/aromatic N) is 1. The van der Waals surface area contributed by atoms with Crippen LogP contribution in [0, 0.1) is 0 Å². The first kappa shape index (κ1) is 15.1. The van der Waals surface area contributed by atoms with Gasteiger partial charge in [-0.1, -0.05) is 48.5 Å². The van der Waals surface area contributed by atoms with Crippen LogP contribution in [-0.4, -0.2) is 17.1 Å². The average Bonchev–Trinajstić information content (AvgIpc) is 2.92. The number of para-hydroxylation sites is 1. The highest BCUT2D eigenvalue weighted by Crippen LogP contribution is 2.23. The van der Waals surface area contributed by atoms with E-state index in [9.17, 15) is 4.79 Å². The molecule has 0 aliphatic rings. The molecule has 23 heavy (non-hydrogen) atoms. The molecule has 1 aromatic heterocycles. The molecule has 3 aromatic rings. The average molecular weight is 305 g/mol. The van der Waals surface area contributed by atoms with E-state index in [0.717, 1.165) is 23.0 Å². The predicted molar refractivity (Wildman–Crippen MR) is 93.1 cm³/mol. The smallest absolute Gasteiger partial charge is 0.330 e. The van der Waals surface area contributed by atoms with Crippen LogP contribution in [0.4, 0.5) is 0 Å². The predicted octanol–water partition coefficient (Wildman–Crippen LogP) is 4.27. The van der Waals surface area contributed by atoms with Crippen molar-refractivity contribution < 1.29 is 9.53 Å².